The van der Waals surface area contributed by atoms with Gasteiger partial charge in [0.15, 0.2) is 5.01 Å². The van der Waals surface area contributed by atoms with E-state index in [0.717, 1.165) is 16.1 Å². The number of halogens is 1. The van der Waals surface area contributed by atoms with Gasteiger partial charge in [-0.15, -0.1) is 10.2 Å². The fourth-order valence-electron chi connectivity index (χ4n) is 1.24. The minimum atomic E-state index is 0.458. The highest BCUT2D eigenvalue weighted by atomic mass is 35.5. The first-order valence-corrected chi connectivity index (χ1v) is 5.22. The zero-order chi connectivity index (χ0) is 10.1. The molecule has 0 saturated heterocycles. The molecule has 0 radical (unpaired) electrons. The lowest BCUT2D eigenvalue weighted by molar-refractivity contribution is 1.10. The van der Waals surface area contributed by atoms with E-state index in [1.165, 1.54) is 11.3 Å². The first kappa shape index (κ1) is 9.43. The number of nitrogens with zero attached hydrogens (tertiary/aromatic N) is 2. The van der Waals surface area contributed by atoms with Crippen LogP contribution in [0.5, 0.6) is 0 Å². The van der Waals surface area contributed by atoms with E-state index in [-0.39, 0.29) is 0 Å². The molecule has 0 saturated carbocycles. The molecule has 0 aliphatic carbocycles. The number of nitrogens with two attached hydrogens (primary N) is 1. The Morgan fingerprint density at radius 1 is 1.36 bits per heavy atom. The molecule has 5 heteroatoms. The number of benzene rings is 1. The molecule has 2 rings (SSSR count). The normalized spacial score (nSPS) is 10.4. The standard InChI is InChI=1S/C9H8ClN3S/c1-5-3-2-4-6(10)7(5)8-12-13-9(11)14-8/h2-4H,1H3,(H2,11,13). The average Bonchev–Trinajstić information content (AvgIpc) is 2.51. The third kappa shape index (κ3) is 1.58. The summed E-state index contributed by atoms with van der Waals surface area (Å²) in [5.74, 6) is 0. The lowest BCUT2D eigenvalue weighted by Gasteiger charge is -2.02. The predicted octanol–water partition coefficient (Wildman–Crippen LogP) is 2.75. The first-order valence-electron chi connectivity index (χ1n) is 4.03. The Balaban J connectivity index is 2.61. The average molecular weight is 226 g/mol. The SMILES string of the molecule is Cc1cccc(Cl)c1-c1nnc(N)s1. The molecule has 2 aromatic rings. The van der Waals surface area contributed by atoms with Crippen LogP contribution in [-0.2, 0) is 0 Å². The zero-order valence-corrected chi connectivity index (χ0v) is 9.06. The van der Waals surface area contributed by atoms with E-state index < -0.39 is 0 Å². The van der Waals surface area contributed by atoms with Crippen molar-refractivity contribution >= 4 is 28.1 Å². The Labute approximate surface area is 90.5 Å². The summed E-state index contributed by atoms with van der Waals surface area (Å²) in [6, 6.07) is 5.73. The van der Waals surface area contributed by atoms with E-state index in [0.29, 0.717) is 10.2 Å². The van der Waals surface area contributed by atoms with Crippen LogP contribution in [-0.4, -0.2) is 10.2 Å². The van der Waals surface area contributed by atoms with Crippen molar-refractivity contribution < 1.29 is 0 Å². The highest BCUT2D eigenvalue weighted by Gasteiger charge is 2.10. The zero-order valence-electron chi connectivity index (χ0n) is 7.49. The molecule has 2 N–H and O–H groups in total. The summed E-state index contributed by atoms with van der Waals surface area (Å²) in [4.78, 5) is 0. The van der Waals surface area contributed by atoms with Gasteiger partial charge in [0.05, 0.1) is 5.02 Å². The largest absolute Gasteiger partial charge is 0.374 e. The summed E-state index contributed by atoms with van der Waals surface area (Å²) in [6.45, 7) is 1.98. The molecule has 72 valence electrons. The second kappa shape index (κ2) is 3.55. The third-order valence-corrected chi connectivity index (χ3v) is 2.96. The molecule has 0 atom stereocenters. The van der Waals surface area contributed by atoms with E-state index in [1.807, 2.05) is 25.1 Å². The third-order valence-electron chi connectivity index (χ3n) is 1.88. The van der Waals surface area contributed by atoms with E-state index >= 15 is 0 Å². The van der Waals surface area contributed by atoms with E-state index in [1.54, 1.807) is 0 Å². The van der Waals surface area contributed by atoms with Crippen LogP contribution in [0.4, 0.5) is 5.13 Å². The maximum atomic E-state index is 6.07. The van der Waals surface area contributed by atoms with Gasteiger partial charge in [-0.1, -0.05) is 35.1 Å². The molecule has 0 unspecified atom stereocenters. The fourth-order valence-corrected chi connectivity index (χ4v) is 2.34. The smallest absolute Gasteiger partial charge is 0.203 e. The van der Waals surface area contributed by atoms with E-state index in [9.17, 15) is 0 Å². The Kier molecular flexibility index (Phi) is 2.39. The van der Waals surface area contributed by atoms with E-state index in [4.69, 9.17) is 17.3 Å². The number of rotatable bonds is 1. The maximum absolute atomic E-state index is 6.07. The number of hydrogen-bond donors (Lipinski definition) is 1. The molecule has 14 heavy (non-hydrogen) atoms. The van der Waals surface area contributed by atoms with Crippen LogP contribution in [0.25, 0.3) is 10.6 Å². The number of hydrogen-bond acceptors (Lipinski definition) is 4. The number of aromatic nitrogens is 2. The van der Waals surface area contributed by atoms with Gasteiger partial charge < -0.3 is 5.73 Å². The number of nitrogen functional groups attached to an aromatic ring is 1. The van der Waals surface area contributed by atoms with Gasteiger partial charge in [-0.2, -0.15) is 0 Å². The van der Waals surface area contributed by atoms with Gasteiger partial charge in [-0.3, -0.25) is 0 Å². The maximum Gasteiger partial charge on any atom is 0.203 e. The summed E-state index contributed by atoms with van der Waals surface area (Å²) in [6.07, 6.45) is 0. The van der Waals surface area contributed by atoms with Gasteiger partial charge in [-0.05, 0) is 18.6 Å². The van der Waals surface area contributed by atoms with Gasteiger partial charge in [0.2, 0.25) is 5.13 Å². The van der Waals surface area contributed by atoms with Crippen LogP contribution >= 0.6 is 22.9 Å². The lowest BCUT2D eigenvalue weighted by atomic mass is 10.1. The van der Waals surface area contributed by atoms with Crippen LogP contribution in [0.3, 0.4) is 0 Å². The van der Waals surface area contributed by atoms with Crippen molar-refractivity contribution in [3.63, 3.8) is 0 Å². The molecule has 0 fully saturated rings. The summed E-state index contributed by atoms with van der Waals surface area (Å²) in [7, 11) is 0. The summed E-state index contributed by atoms with van der Waals surface area (Å²) < 4.78 is 0. The van der Waals surface area contributed by atoms with Gasteiger partial charge in [0.1, 0.15) is 0 Å². The molecule has 1 aromatic carbocycles. The first-order chi connectivity index (χ1) is 6.68. The quantitative estimate of drug-likeness (QED) is 0.812. The van der Waals surface area contributed by atoms with Crippen LogP contribution in [0.2, 0.25) is 5.02 Å². The summed E-state index contributed by atoms with van der Waals surface area (Å²) >= 11 is 7.41. The van der Waals surface area contributed by atoms with Crippen molar-refractivity contribution in [1.29, 1.82) is 0 Å². The second-order valence-electron chi connectivity index (χ2n) is 2.88. The van der Waals surface area contributed by atoms with Crippen molar-refractivity contribution in [3.05, 3.63) is 28.8 Å². The van der Waals surface area contributed by atoms with Crippen molar-refractivity contribution in [3.8, 4) is 10.6 Å². The van der Waals surface area contributed by atoms with Crippen LogP contribution in [0.15, 0.2) is 18.2 Å². The highest BCUT2D eigenvalue weighted by molar-refractivity contribution is 7.18. The minimum Gasteiger partial charge on any atom is -0.374 e. The Morgan fingerprint density at radius 3 is 2.71 bits per heavy atom. The molecule has 0 spiro atoms. The Hall–Kier alpha value is -1.13. The van der Waals surface area contributed by atoms with Crippen LogP contribution in [0.1, 0.15) is 5.56 Å². The van der Waals surface area contributed by atoms with Gasteiger partial charge >= 0.3 is 0 Å². The molecule has 0 bridgehead atoms. The van der Waals surface area contributed by atoms with Crippen molar-refractivity contribution in [2.75, 3.05) is 5.73 Å². The predicted molar refractivity (Wildman–Crippen MR) is 59.5 cm³/mol. The van der Waals surface area contributed by atoms with Gasteiger partial charge in [0.25, 0.3) is 0 Å². The lowest BCUT2D eigenvalue weighted by Crippen LogP contribution is -1.83. The van der Waals surface area contributed by atoms with E-state index in [2.05, 4.69) is 10.2 Å². The highest BCUT2D eigenvalue weighted by Crippen LogP contribution is 2.33. The molecule has 0 aliphatic heterocycles. The number of anilines is 1. The second-order valence-corrected chi connectivity index (χ2v) is 4.29. The minimum absolute atomic E-state index is 0.458. The molecule has 0 amide bonds. The summed E-state index contributed by atoms with van der Waals surface area (Å²) in [5.41, 5.74) is 7.52. The van der Waals surface area contributed by atoms with Crippen molar-refractivity contribution in [1.82, 2.24) is 10.2 Å². The molecule has 3 nitrogen and oxygen atoms in total. The molecular formula is C9H8ClN3S. The van der Waals surface area contributed by atoms with Gasteiger partial charge in [0, 0.05) is 5.56 Å². The van der Waals surface area contributed by atoms with Crippen molar-refractivity contribution in [2.45, 2.75) is 6.92 Å². The van der Waals surface area contributed by atoms with Crippen molar-refractivity contribution in [2.24, 2.45) is 0 Å². The number of aryl methyl sites for hydroxylation is 1. The molecular weight excluding hydrogens is 218 g/mol. The van der Waals surface area contributed by atoms with Crippen LogP contribution < -0.4 is 5.73 Å². The molecule has 0 aliphatic rings. The van der Waals surface area contributed by atoms with Gasteiger partial charge in [-0.25, -0.2) is 0 Å². The summed E-state index contributed by atoms with van der Waals surface area (Å²) in [5, 5.41) is 9.64. The molecule has 1 aromatic heterocycles. The Bertz CT molecular complexity index is 447. The van der Waals surface area contributed by atoms with Crippen LogP contribution in [0, 0.1) is 6.92 Å². The monoisotopic (exact) mass is 225 g/mol. The fraction of sp³-hybridized carbons (Fsp3) is 0.111. The molecule has 1 heterocycles. The Morgan fingerprint density at radius 2 is 2.14 bits per heavy atom. The topological polar surface area (TPSA) is 51.8 Å².